The number of nitrogens with zero attached hydrogens (tertiary/aromatic N) is 3. The van der Waals surface area contributed by atoms with Gasteiger partial charge < -0.3 is 0 Å². The zero-order valence-corrected chi connectivity index (χ0v) is 10.9. The monoisotopic (exact) mass is 289 g/mol. The Kier molecular flexibility index (Phi) is 3.38. The van der Waals surface area contributed by atoms with Gasteiger partial charge in [0.05, 0.1) is 21.3 Å². The molecule has 0 atom stereocenters. The van der Waals surface area contributed by atoms with Gasteiger partial charge in [-0.05, 0) is 6.07 Å². The van der Waals surface area contributed by atoms with E-state index in [9.17, 15) is 4.79 Å². The van der Waals surface area contributed by atoms with Gasteiger partial charge in [-0.1, -0.05) is 34.8 Å². The third kappa shape index (κ3) is 2.29. The Balaban J connectivity index is 2.51. The molecule has 2 rings (SSSR count). The molecule has 0 bridgehead atoms. The summed E-state index contributed by atoms with van der Waals surface area (Å²) in [6, 6.07) is 1.45. The van der Waals surface area contributed by atoms with E-state index in [1.807, 2.05) is 0 Å². The smallest absolute Gasteiger partial charge is 0.232 e. The summed E-state index contributed by atoms with van der Waals surface area (Å²) in [4.78, 5) is 16.0. The fourth-order valence-corrected chi connectivity index (χ4v) is 2.08. The van der Waals surface area contributed by atoms with Crippen LogP contribution in [0.1, 0.15) is 16.2 Å². The lowest BCUT2D eigenvalue weighted by molar-refractivity contribution is 0.102. The molecule has 0 fully saturated rings. The standard InChI is InChI=1S/C10H6Cl3N3O/c1-16-9(7(13)4-15-16)10(17)8-6(12)2-5(11)3-14-8/h2-4H,1H3. The van der Waals surface area contributed by atoms with Gasteiger partial charge in [0.1, 0.15) is 11.4 Å². The van der Waals surface area contributed by atoms with Crippen molar-refractivity contribution in [3.05, 3.63) is 44.9 Å². The quantitative estimate of drug-likeness (QED) is 0.799. The van der Waals surface area contributed by atoms with Gasteiger partial charge in [0.15, 0.2) is 0 Å². The van der Waals surface area contributed by atoms with Crippen LogP contribution >= 0.6 is 34.8 Å². The van der Waals surface area contributed by atoms with E-state index in [4.69, 9.17) is 34.8 Å². The van der Waals surface area contributed by atoms with Crippen LogP contribution in [0.15, 0.2) is 18.5 Å². The zero-order valence-electron chi connectivity index (χ0n) is 8.62. The van der Waals surface area contributed by atoms with Gasteiger partial charge in [0.2, 0.25) is 5.78 Å². The van der Waals surface area contributed by atoms with Crippen LogP contribution in [-0.4, -0.2) is 20.5 Å². The normalized spacial score (nSPS) is 10.6. The van der Waals surface area contributed by atoms with Crippen molar-refractivity contribution < 1.29 is 4.79 Å². The molecular formula is C10H6Cl3N3O. The summed E-state index contributed by atoms with van der Waals surface area (Å²) in [6.45, 7) is 0. The molecule has 0 saturated carbocycles. The van der Waals surface area contributed by atoms with Gasteiger partial charge in [-0.2, -0.15) is 5.10 Å². The van der Waals surface area contributed by atoms with Crippen molar-refractivity contribution in [1.29, 1.82) is 0 Å². The molecule has 2 aromatic heterocycles. The maximum Gasteiger partial charge on any atom is 0.232 e. The molecule has 0 spiro atoms. The Morgan fingerprint density at radius 2 is 1.94 bits per heavy atom. The van der Waals surface area contributed by atoms with E-state index in [1.54, 1.807) is 7.05 Å². The Labute approximate surface area is 112 Å². The van der Waals surface area contributed by atoms with Crippen LogP contribution in [0.5, 0.6) is 0 Å². The lowest BCUT2D eigenvalue weighted by Gasteiger charge is -2.04. The highest BCUT2D eigenvalue weighted by atomic mass is 35.5. The topological polar surface area (TPSA) is 47.8 Å². The molecule has 2 heterocycles. The third-order valence-corrected chi connectivity index (χ3v) is 2.90. The summed E-state index contributed by atoms with van der Waals surface area (Å²) < 4.78 is 1.37. The van der Waals surface area contributed by atoms with E-state index >= 15 is 0 Å². The summed E-state index contributed by atoms with van der Waals surface area (Å²) in [5, 5.41) is 4.68. The van der Waals surface area contributed by atoms with Crippen molar-refractivity contribution >= 4 is 40.6 Å². The number of aromatic nitrogens is 3. The highest BCUT2D eigenvalue weighted by Gasteiger charge is 2.21. The van der Waals surface area contributed by atoms with Crippen LogP contribution in [0.25, 0.3) is 0 Å². The van der Waals surface area contributed by atoms with Crippen LogP contribution in [0.2, 0.25) is 15.1 Å². The maximum absolute atomic E-state index is 12.1. The minimum Gasteiger partial charge on any atom is -0.285 e. The second-order valence-corrected chi connectivity index (χ2v) is 4.53. The predicted octanol–water partition coefficient (Wildman–Crippen LogP) is 3.01. The Hall–Kier alpha value is -1.10. The Morgan fingerprint density at radius 3 is 2.47 bits per heavy atom. The van der Waals surface area contributed by atoms with Crippen molar-refractivity contribution in [3.8, 4) is 0 Å². The van der Waals surface area contributed by atoms with Crippen LogP contribution in [0.3, 0.4) is 0 Å². The zero-order chi connectivity index (χ0) is 12.6. The molecule has 0 aliphatic carbocycles. The first kappa shape index (κ1) is 12.4. The predicted molar refractivity (Wildman–Crippen MR) is 65.9 cm³/mol. The van der Waals surface area contributed by atoms with Crippen molar-refractivity contribution in [3.63, 3.8) is 0 Å². The van der Waals surface area contributed by atoms with Crippen LogP contribution in [-0.2, 0) is 7.05 Å². The van der Waals surface area contributed by atoms with Crippen LogP contribution in [0.4, 0.5) is 0 Å². The maximum atomic E-state index is 12.1. The highest BCUT2D eigenvalue weighted by molar-refractivity contribution is 6.38. The second-order valence-electron chi connectivity index (χ2n) is 3.28. The number of halogens is 3. The summed E-state index contributed by atoms with van der Waals surface area (Å²) >= 11 is 17.5. The molecule has 0 amide bonds. The van der Waals surface area contributed by atoms with E-state index in [0.717, 1.165) is 0 Å². The molecule has 0 aromatic carbocycles. The largest absolute Gasteiger partial charge is 0.285 e. The van der Waals surface area contributed by atoms with Crippen molar-refractivity contribution in [2.75, 3.05) is 0 Å². The SMILES string of the molecule is Cn1ncc(Cl)c1C(=O)c1ncc(Cl)cc1Cl. The third-order valence-electron chi connectivity index (χ3n) is 2.13. The van der Waals surface area contributed by atoms with E-state index < -0.39 is 5.78 Å². The number of carbonyl (C=O) groups excluding carboxylic acids is 1. The summed E-state index contributed by atoms with van der Waals surface area (Å²) in [6.07, 6.45) is 2.74. The Morgan fingerprint density at radius 1 is 1.24 bits per heavy atom. The molecule has 2 aromatic rings. The van der Waals surface area contributed by atoms with Crippen molar-refractivity contribution in [2.45, 2.75) is 0 Å². The van der Waals surface area contributed by atoms with Gasteiger partial charge in [-0.3, -0.25) is 9.48 Å². The van der Waals surface area contributed by atoms with Gasteiger partial charge >= 0.3 is 0 Å². The van der Waals surface area contributed by atoms with Gasteiger partial charge in [0.25, 0.3) is 0 Å². The van der Waals surface area contributed by atoms with E-state index in [-0.39, 0.29) is 21.4 Å². The molecular weight excluding hydrogens is 284 g/mol. The number of carbonyl (C=O) groups is 1. The molecule has 88 valence electrons. The molecule has 0 aliphatic rings. The number of aryl methyl sites for hydroxylation is 1. The van der Waals surface area contributed by atoms with E-state index in [2.05, 4.69) is 10.1 Å². The lowest BCUT2D eigenvalue weighted by Crippen LogP contribution is -2.11. The number of pyridine rings is 1. The van der Waals surface area contributed by atoms with Crippen LogP contribution in [0, 0.1) is 0 Å². The average Bonchev–Trinajstić information content (AvgIpc) is 2.58. The fourth-order valence-electron chi connectivity index (χ4n) is 1.36. The molecule has 0 aliphatic heterocycles. The highest BCUT2D eigenvalue weighted by Crippen LogP contribution is 2.23. The first-order valence-corrected chi connectivity index (χ1v) is 5.67. The molecule has 0 radical (unpaired) electrons. The molecule has 4 nitrogen and oxygen atoms in total. The fraction of sp³-hybridized carbons (Fsp3) is 0.100. The summed E-state index contributed by atoms with van der Waals surface area (Å²) in [5.41, 5.74) is 0.338. The number of hydrogen-bond acceptors (Lipinski definition) is 3. The number of rotatable bonds is 2. The summed E-state index contributed by atoms with van der Waals surface area (Å²) in [7, 11) is 1.61. The van der Waals surface area contributed by atoms with Crippen molar-refractivity contribution in [2.24, 2.45) is 7.05 Å². The number of ketones is 1. The van der Waals surface area contributed by atoms with Gasteiger partial charge in [-0.15, -0.1) is 0 Å². The number of hydrogen-bond donors (Lipinski definition) is 0. The van der Waals surface area contributed by atoms with Gasteiger partial charge in [0, 0.05) is 13.2 Å². The molecule has 0 unspecified atom stereocenters. The van der Waals surface area contributed by atoms with Gasteiger partial charge in [-0.25, -0.2) is 4.98 Å². The van der Waals surface area contributed by atoms with E-state index in [1.165, 1.54) is 23.1 Å². The molecule has 0 saturated heterocycles. The molecule has 7 heteroatoms. The minimum absolute atomic E-state index is 0.0987. The first-order valence-electron chi connectivity index (χ1n) is 4.54. The molecule has 0 N–H and O–H groups in total. The minimum atomic E-state index is -0.392. The first-order chi connectivity index (χ1) is 8.00. The Bertz CT molecular complexity index is 575. The van der Waals surface area contributed by atoms with Crippen molar-refractivity contribution in [1.82, 2.24) is 14.8 Å². The lowest BCUT2D eigenvalue weighted by atomic mass is 10.2. The van der Waals surface area contributed by atoms with Crippen LogP contribution < -0.4 is 0 Å². The second kappa shape index (κ2) is 4.64. The average molecular weight is 291 g/mol. The molecule has 17 heavy (non-hydrogen) atoms. The van der Waals surface area contributed by atoms with E-state index in [0.29, 0.717) is 5.02 Å². The summed E-state index contributed by atoms with van der Waals surface area (Å²) in [5.74, 6) is -0.392.